The van der Waals surface area contributed by atoms with Crippen LogP contribution in [-0.2, 0) is 11.3 Å². The van der Waals surface area contributed by atoms with E-state index in [1.807, 2.05) is 0 Å². The van der Waals surface area contributed by atoms with Gasteiger partial charge in [0, 0.05) is 17.8 Å². The minimum Gasteiger partial charge on any atom is -0.480 e. The summed E-state index contributed by atoms with van der Waals surface area (Å²) < 4.78 is 28.3. The van der Waals surface area contributed by atoms with E-state index in [2.05, 4.69) is 15.1 Å². The van der Waals surface area contributed by atoms with Crippen molar-refractivity contribution in [2.75, 3.05) is 6.54 Å². The zero-order valence-electron chi connectivity index (χ0n) is 12.9. The van der Waals surface area contributed by atoms with Crippen LogP contribution in [0, 0.1) is 11.6 Å². The molecule has 2 heterocycles. The number of hydrogen-bond acceptors (Lipinski definition) is 4. The molecule has 128 valence electrons. The van der Waals surface area contributed by atoms with Crippen molar-refractivity contribution in [2.45, 2.75) is 6.54 Å². The fourth-order valence-electron chi connectivity index (χ4n) is 2.35. The molecule has 0 unspecified atom stereocenters. The fourth-order valence-corrected chi connectivity index (χ4v) is 2.35. The highest BCUT2D eigenvalue weighted by Crippen LogP contribution is 2.19. The maximum absolute atomic E-state index is 13.9. The van der Waals surface area contributed by atoms with Crippen molar-refractivity contribution in [2.24, 2.45) is 10.7 Å². The fraction of sp³-hybridized carbons (Fsp3) is 0.125. The Labute approximate surface area is 140 Å². The van der Waals surface area contributed by atoms with Crippen LogP contribution in [0.1, 0.15) is 11.3 Å². The highest BCUT2D eigenvalue weighted by Gasteiger charge is 2.16. The summed E-state index contributed by atoms with van der Waals surface area (Å²) in [5.41, 5.74) is 6.73. The molecule has 7 nitrogen and oxygen atoms in total. The monoisotopic (exact) mass is 345 g/mol. The number of aliphatic carboxylic acids is 1. The average molecular weight is 345 g/mol. The van der Waals surface area contributed by atoms with Gasteiger partial charge in [0.15, 0.2) is 5.65 Å². The number of carboxylic acid groups (broad SMARTS) is 1. The van der Waals surface area contributed by atoms with Crippen molar-refractivity contribution in [1.29, 1.82) is 0 Å². The number of carbonyl (C=O) groups is 1. The van der Waals surface area contributed by atoms with E-state index in [1.54, 1.807) is 12.1 Å². The number of nitrogens with zero attached hydrogens (tertiary/aromatic N) is 4. The molecule has 3 N–H and O–H groups in total. The van der Waals surface area contributed by atoms with Gasteiger partial charge in [-0.3, -0.25) is 9.79 Å². The Morgan fingerprint density at radius 1 is 1.32 bits per heavy atom. The van der Waals surface area contributed by atoms with Gasteiger partial charge in [-0.15, -0.1) is 0 Å². The highest BCUT2D eigenvalue weighted by atomic mass is 19.1. The molecule has 3 rings (SSSR count). The molecule has 0 bridgehead atoms. The Balaban J connectivity index is 2.04. The third-order valence-corrected chi connectivity index (χ3v) is 3.47. The van der Waals surface area contributed by atoms with Crippen molar-refractivity contribution in [3.63, 3.8) is 0 Å². The Bertz CT molecular complexity index is 984. The third kappa shape index (κ3) is 3.44. The highest BCUT2D eigenvalue weighted by molar-refractivity contribution is 6.06. The third-order valence-electron chi connectivity index (χ3n) is 3.47. The van der Waals surface area contributed by atoms with Crippen molar-refractivity contribution >= 4 is 22.8 Å². The zero-order chi connectivity index (χ0) is 18.0. The number of aromatic nitrogens is 3. The summed E-state index contributed by atoms with van der Waals surface area (Å²) in [5.74, 6) is -2.55. The summed E-state index contributed by atoms with van der Waals surface area (Å²) >= 11 is 0. The second-order valence-corrected chi connectivity index (χ2v) is 5.21. The molecule has 0 radical (unpaired) electrons. The quantitative estimate of drug-likeness (QED) is 0.539. The van der Waals surface area contributed by atoms with Crippen LogP contribution in [-0.4, -0.2) is 38.2 Å². The van der Waals surface area contributed by atoms with E-state index in [0.29, 0.717) is 11.0 Å². The number of fused-ring (bicyclic) bond motifs is 1. The van der Waals surface area contributed by atoms with Crippen LogP contribution in [0.25, 0.3) is 11.0 Å². The van der Waals surface area contributed by atoms with E-state index in [4.69, 9.17) is 10.8 Å². The van der Waals surface area contributed by atoms with Gasteiger partial charge in [0.05, 0.1) is 11.9 Å². The lowest BCUT2D eigenvalue weighted by atomic mass is 10.2. The largest absolute Gasteiger partial charge is 0.480 e. The molecule has 0 saturated carbocycles. The minimum atomic E-state index is -1.13. The van der Waals surface area contributed by atoms with E-state index in [1.165, 1.54) is 16.9 Å². The molecule has 0 atom stereocenters. The molecule has 2 aromatic heterocycles. The maximum atomic E-state index is 13.9. The van der Waals surface area contributed by atoms with Crippen molar-refractivity contribution in [1.82, 2.24) is 14.8 Å². The first-order chi connectivity index (χ1) is 12.0. The molecule has 0 aliphatic carbocycles. The van der Waals surface area contributed by atoms with Gasteiger partial charge in [0.1, 0.15) is 29.7 Å². The van der Waals surface area contributed by atoms with Crippen molar-refractivity contribution < 1.29 is 18.7 Å². The Morgan fingerprint density at radius 2 is 2.12 bits per heavy atom. The molecular formula is C16H13F2N5O2. The lowest BCUT2D eigenvalue weighted by Gasteiger charge is -2.04. The molecule has 0 fully saturated rings. The van der Waals surface area contributed by atoms with Gasteiger partial charge in [0.2, 0.25) is 0 Å². The van der Waals surface area contributed by atoms with Crippen LogP contribution < -0.4 is 5.73 Å². The number of halogens is 2. The number of rotatable bonds is 5. The first-order valence-electron chi connectivity index (χ1n) is 7.23. The second kappa shape index (κ2) is 6.63. The molecule has 1 aromatic carbocycles. The smallest absolute Gasteiger partial charge is 0.325 e. The number of hydrogen-bond donors (Lipinski definition) is 2. The van der Waals surface area contributed by atoms with Gasteiger partial charge in [-0.2, -0.15) is 5.10 Å². The Morgan fingerprint density at radius 3 is 2.84 bits per heavy atom. The summed E-state index contributed by atoms with van der Waals surface area (Å²) in [6.45, 7) is -0.487. The standard InChI is InChI=1S/C16H13F2N5O2/c17-10-4-3-9(12(18)6-10)8-23-16-11(2-1-5-20-16)14(22-23)15(19)21-7-13(24)25/h1-6H,7-8H2,(H2,19,21)(H,24,25). The Hall–Kier alpha value is -3.36. The lowest BCUT2D eigenvalue weighted by molar-refractivity contribution is -0.135. The molecule has 0 aliphatic rings. The van der Waals surface area contributed by atoms with Gasteiger partial charge in [-0.25, -0.2) is 18.4 Å². The predicted octanol–water partition coefficient (Wildman–Crippen LogP) is 1.55. The summed E-state index contributed by atoms with van der Waals surface area (Å²) in [6.07, 6.45) is 1.54. The van der Waals surface area contributed by atoms with Crippen LogP contribution in [0.15, 0.2) is 41.5 Å². The molecule has 25 heavy (non-hydrogen) atoms. The average Bonchev–Trinajstić information content (AvgIpc) is 2.94. The topological polar surface area (TPSA) is 106 Å². The minimum absolute atomic E-state index is 0.00579. The lowest BCUT2D eigenvalue weighted by Crippen LogP contribution is -2.17. The van der Waals surface area contributed by atoms with E-state index in [-0.39, 0.29) is 23.6 Å². The van der Waals surface area contributed by atoms with Crippen molar-refractivity contribution in [3.8, 4) is 0 Å². The van der Waals surface area contributed by atoms with Crippen LogP contribution in [0.5, 0.6) is 0 Å². The number of amidine groups is 1. The van der Waals surface area contributed by atoms with Gasteiger partial charge in [-0.05, 0) is 18.2 Å². The van der Waals surface area contributed by atoms with Gasteiger partial charge < -0.3 is 10.8 Å². The molecule has 0 amide bonds. The van der Waals surface area contributed by atoms with E-state index >= 15 is 0 Å². The summed E-state index contributed by atoms with van der Waals surface area (Å²) in [4.78, 5) is 18.6. The Kier molecular flexibility index (Phi) is 4.38. The molecular weight excluding hydrogens is 332 g/mol. The van der Waals surface area contributed by atoms with Gasteiger partial charge in [-0.1, -0.05) is 6.07 Å². The second-order valence-electron chi connectivity index (χ2n) is 5.21. The molecule has 9 heteroatoms. The first-order valence-corrected chi connectivity index (χ1v) is 7.23. The van der Waals surface area contributed by atoms with Crippen molar-refractivity contribution in [3.05, 3.63) is 59.4 Å². The number of carboxylic acids is 1. The molecule has 3 aromatic rings. The first kappa shape index (κ1) is 16.5. The number of nitrogens with two attached hydrogens (primary N) is 1. The molecule has 0 saturated heterocycles. The van der Waals surface area contributed by atoms with E-state index < -0.39 is 24.1 Å². The summed E-state index contributed by atoms with van der Waals surface area (Å²) in [5, 5.41) is 13.5. The molecule has 0 aliphatic heterocycles. The number of aliphatic imine (C=N–C) groups is 1. The number of benzene rings is 1. The predicted molar refractivity (Wildman–Crippen MR) is 86.2 cm³/mol. The normalized spacial score (nSPS) is 11.8. The van der Waals surface area contributed by atoms with Crippen LogP contribution in [0.4, 0.5) is 8.78 Å². The maximum Gasteiger partial charge on any atom is 0.325 e. The van der Waals surface area contributed by atoms with Gasteiger partial charge >= 0.3 is 5.97 Å². The SMILES string of the molecule is NC(=NCC(=O)O)c1nn(Cc2ccc(F)cc2F)c2ncccc12. The van der Waals surface area contributed by atoms with Crippen LogP contribution >= 0.6 is 0 Å². The van der Waals surface area contributed by atoms with E-state index in [9.17, 15) is 13.6 Å². The number of pyridine rings is 1. The van der Waals surface area contributed by atoms with Crippen LogP contribution in [0.2, 0.25) is 0 Å². The summed E-state index contributed by atoms with van der Waals surface area (Å²) in [7, 11) is 0. The van der Waals surface area contributed by atoms with Crippen LogP contribution in [0.3, 0.4) is 0 Å². The zero-order valence-corrected chi connectivity index (χ0v) is 12.9. The van der Waals surface area contributed by atoms with E-state index in [0.717, 1.165) is 12.1 Å². The molecule has 0 spiro atoms. The van der Waals surface area contributed by atoms with Gasteiger partial charge in [0.25, 0.3) is 0 Å². The summed E-state index contributed by atoms with van der Waals surface area (Å²) in [6, 6.07) is 6.63.